The number of carbonyl (C=O) groups is 2. The zero-order valence-corrected chi connectivity index (χ0v) is 9.77. The Bertz CT molecular complexity index is 459. The van der Waals surface area contributed by atoms with Gasteiger partial charge in [0.2, 0.25) is 11.8 Å². The normalized spacial score (nSPS) is 20.1. The molecule has 5 heteroatoms. The number of amides is 2. The van der Waals surface area contributed by atoms with E-state index in [4.69, 9.17) is 4.74 Å². The Balaban J connectivity index is 2.31. The molecule has 1 heterocycles. The molecule has 0 aliphatic carbocycles. The molecule has 0 bridgehead atoms. The number of ether oxygens (including phenoxy) is 1. The second-order valence-electron chi connectivity index (χ2n) is 3.97. The minimum atomic E-state index is -0.614. The molecule has 0 saturated carbocycles. The molecular weight excluding hydrogens is 220 g/mol. The summed E-state index contributed by atoms with van der Waals surface area (Å²) >= 11 is 0. The first-order chi connectivity index (χ1) is 8.11. The summed E-state index contributed by atoms with van der Waals surface area (Å²) in [6, 6.07) is 6.52. The molecule has 1 aromatic carbocycles. The monoisotopic (exact) mass is 234 g/mol. The molecule has 1 aliphatic heterocycles. The number of methoxy groups -OCH3 is 1. The van der Waals surface area contributed by atoms with Crippen LogP contribution in [0.4, 0.5) is 0 Å². The van der Waals surface area contributed by atoms with E-state index in [9.17, 15) is 9.59 Å². The van der Waals surface area contributed by atoms with E-state index in [2.05, 4.69) is 5.32 Å². The van der Waals surface area contributed by atoms with Crippen molar-refractivity contribution in [3.63, 3.8) is 0 Å². The van der Waals surface area contributed by atoms with Crippen molar-refractivity contribution in [1.82, 2.24) is 10.2 Å². The summed E-state index contributed by atoms with van der Waals surface area (Å²) in [7, 11) is 3.18. The maximum atomic E-state index is 11.9. The van der Waals surface area contributed by atoms with Gasteiger partial charge in [-0.1, -0.05) is 12.1 Å². The first kappa shape index (κ1) is 11.4. The standard InChI is InChI=1S/C12H14N2O3/c1-14-7-10(15)13-11(12(14)16)8-4-3-5-9(6-8)17-2/h3-6,11H,7H2,1-2H3,(H,13,15)/t11-/m0/s1. The van der Waals surface area contributed by atoms with Crippen LogP contribution in [0.2, 0.25) is 0 Å². The highest BCUT2D eigenvalue weighted by Gasteiger charge is 2.31. The predicted molar refractivity (Wildman–Crippen MR) is 61.5 cm³/mol. The molecule has 90 valence electrons. The van der Waals surface area contributed by atoms with Crippen molar-refractivity contribution in [2.45, 2.75) is 6.04 Å². The van der Waals surface area contributed by atoms with Gasteiger partial charge in [-0.05, 0) is 17.7 Å². The van der Waals surface area contributed by atoms with E-state index < -0.39 is 6.04 Å². The van der Waals surface area contributed by atoms with Gasteiger partial charge in [-0.15, -0.1) is 0 Å². The quantitative estimate of drug-likeness (QED) is 0.802. The van der Waals surface area contributed by atoms with Crippen LogP contribution in [0.1, 0.15) is 11.6 Å². The Morgan fingerprint density at radius 2 is 2.18 bits per heavy atom. The van der Waals surface area contributed by atoms with Crippen LogP contribution in [0.5, 0.6) is 5.75 Å². The molecule has 5 nitrogen and oxygen atoms in total. The molecule has 0 spiro atoms. The summed E-state index contributed by atoms with van der Waals surface area (Å²) in [6.45, 7) is 0.110. The summed E-state index contributed by atoms with van der Waals surface area (Å²) < 4.78 is 5.10. The fraction of sp³-hybridized carbons (Fsp3) is 0.333. The molecule has 2 amide bonds. The summed E-state index contributed by atoms with van der Waals surface area (Å²) in [5, 5.41) is 2.68. The van der Waals surface area contributed by atoms with Crippen LogP contribution in [0.15, 0.2) is 24.3 Å². The first-order valence-electron chi connectivity index (χ1n) is 5.30. The maximum absolute atomic E-state index is 11.9. The number of rotatable bonds is 2. The number of carbonyl (C=O) groups excluding carboxylic acids is 2. The number of nitrogens with zero attached hydrogens (tertiary/aromatic N) is 1. The summed E-state index contributed by atoms with van der Waals surface area (Å²) in [5.74, 6) is 0.399. The topological polar surface area (TPSA) is 58.6 Å². The van der Waals surface area contributed by atoms with E-state index >= 15 is 0 Å². The number of hydrogen-bond acceptors (Lipinski definition) is 3. The minimum Gasteiger partial charge on any atom is -0.497 e. The second-order valence-corrected chi connectivity index (χ2v) is 3.97. The van der Waals surface area contributed by atoms with Gasteiger partial charge in [-0.2, -0.15) is 0 Å². The van der Waals surface area contributed by atoms with Crippen LogP contribution in [-0.2, 0) is 9.59 Å². The van der Waals surface area contributed by atoms with Crippen molar-refractivity contribution in [1.29, 1.82) is 0 Å². The van der Waals surface area contributed by atoms with Gasteiger partial charge < -0.3 is 15.0 Å². The lowest BCUT2D eigenvalue weighted by atomic mass is 10.0. The number of likely N-dealkylation sites (N-methyl/N-ethyl adjacent to an activating group) is 1. The van der Waals surface area contributed by atoms with Gasteiger partial charge in [0.05, 0.1) is 13.7 Å². The molecule has 1 aliphatic rings. The Kier molecular flexibility index (Phi) is 2.99. The molecule has 1 saturated heterocycles. The molecule has 0 radical (unpaired) electrons. The van der Waals surface area contributed by atoms with Gasteiger partial charge >= 0.3 is 0 Å². The lowest BCUT2D eigenvalue weighted by molar-refractivity contribution is -0.143. The van der Waals surface area contributed by atoms with E-state index in [1.807, 2.05) is 0 Å². The molecule has 17 heavy (non-hydrogen) atoms. The number of nitrogens with one attached hydrogen (secondary N) is 1. The van der Waals surface area contributed by atoms with Crippen LogP contribution >= 0.6 is 0 Å². The fourth-order valence-corrected chi connectivity index (χ4v) is 1.83. The largest absolute Gasteiger partial charge is 0.497 e. The Morgan fingerprint density at radius 1 is 1.41 bits per heavy atom. The van der Waals surface area contributed by atoms with Gasteiger partial charge in [0, 0.05) is 7.05 Å². The van der Waals surface area contributed by atoms with Crippen molar-refractivity contribution in [3.8, 4) is 5.75 Å². The highest BCUT2D eigenvalue weighted by atomic mass is 16.5. The van der Waals surface area contributed by atoms with Crippen molar-refractivity contribution in [3.05, 3.63) is 29.8 Å². The van der Waals surface area contributed by atoms with Gasteiger partial charge in [0.1, 0.15) is 11.8 Å². The SMILES string of the molecule is COc1cccc([C@@H]2NC(=O)CN(C)C2=O)c1. The van der Waals surface area contributed by atoms with Crippen molar-refractivity contribution >= 4 is 11.8 Å². The molecule has 1 N–H and O–H groups in total. The van der Waals surface area contributed by atoms with E-state index in [0.29, 0.717) is 5.75 Å². The molecule has 1 atom stereocenters. The van der Waals surface area contributed by atoms with E-state index in [-0.39, 0.29) is 18.4 Å². The third kappa shape index (κ3) is 2.22. The fourth-order valence-electron chi connectivity index (χ4n) is 1.83. The van der Waals surface area contributed by atoms with E-state index in [0.717, 1.165) is 5.56 Å². The third-order valence-corrected chi connectivity index (χ3v) is 2.74. The van der Waals surface area contributed by atoms with Gasteiger partial charge in [0.25, 0.3) is 0 Å². The van der Waals surface area contributed by atoms with Crippen LogP contribution in [0, 0.1) is 0 Å². The molecule has 2 rings (SSSR count). The molecule has 1 fully saturated rings. The zero-order chi connectivity index (χ0) is 12.4. The van der Waals surface area contributed by atoms with Crippen molar-refractivity contribution in [2.75, 3.05) is 20.7 Å². The summed E-state index contributed by atoms with van der Waals surface area (Å²) in [4.78, 5) is 24.8. The van der Waals surface area contributed by atoms with Crippen molar-refractivity contribution in [2.24, 2.45) is 0 Å². The van der Waals surface area contributed by atoms with Gasteiger partial charge in [-0.25, -0.2) is 0 Å². The molecular formula is C12H14N2O3. The average molecular weight is 234 g/mol. The average Bonchev–Trinajstić information content (AvgIpc) is 2.34. The highest BCUT2D eigenvalue weighted by Crippen LogP contribution is 2.22. The lowest BCUT2D eigenvalue weighted by Crippen LogP contribution is -2.51. The van der Waals surface area contributed by atoms with Crippen LogP contribution in [-0.4, -0.2) is 37.4 Å². The van der Waals surface area contributed by atoms with Crippen LogP contribution in [0.3, 0.4) is 0 Å². The molecule has 0 unspecified atom stereocenters. The van der Waals surface area contributed by atoms with Gasteiger partial charge in [0.15, 0.2) is 0 Å². The van der Waals surface area contributed by atoms with Crippen molar-refractivity contribution < 1.29 is 14.3 Å². The molecule has 0 aromatic heterocycles. The molecule has 1 aromatic rings. The summed E-state index contributed by atoms with van der Waals surface area (Å²) in [5.41, 5.74) is 0.731. The lowest BCUT2D eigenvalue weighted by Gasteiger charge is -2.30. The summed E-state index contributed by atoms with van der Waals surface area (Å²) in [6.07, 6.45) is 0. The van der Waals surface area contributed by atoms with Crippen LogP contribution < -0.4 is 10.1 Å². The minimum absolute atomic E-state index is 0.110. The maximum Gasteiger partial charge on any atom is 0.250 e. The highest BCUT2D eigenvalue weighted by molar-refractivity contribution is 5.95. The zero-order valence-electron chi connectivity index (χ0n) is 9.77. The Labute approximate surface area is 99.4 Å². The van der Waals surface area contributed by atoms with Crippen LogP contribution in [0.25, 0.3) is 0 Å². The van der Waals surface area contributed by atoms with Gasteiger partial charge in [-0.3, -0.25) is 9.59 Å². The Morgan fingerprint density at radius 3 is 2.88 bits per heavy atom. The number of hydrogen-bond donors (Lipinski definition) is 1. The second kappa shape index (κ2) is 4.45. The number of benzene rings is 1. The smallest absolute Gasteiger partial charge is 0.250 e. The predicted octanol–water partition coefficient (Wildman–Crippen LogP) is 0.324. The number of piperazine rings is 1. The first-order valence-corrected chi connectivity index (χ1v) is 5.30. The third-order valence-electron chi connectivity index (χ3n) is 2.74. The van der Waals surface area contributed by atoms with E-state index in [1.165, 1.54) is 4.90 Å². The Hall–Kier alpha value is -2.04. The van der Waals surface area contributed by atoms with E-state index in [1.54, 1.807) is 38.4 Å².